The highest BCUT2D eigenvalue weighted by Crippen LogP contribution is 2.09. The smallest absolute Gasteiger partial charge is 0.341 e. The maximum Gasteiger partial charge on any atom is 0.341 e. The lowest BCUT2D eigenvalue weighted by Gasteiger charge is -2.02. The second-order valence-corrected chi connectivity index (χ2v) is 4.10. The Balaban J connectivity index is 0.000000184. The van der Waals surface area contributed by atoms with E-state index in [1.54, 1.807) is 0 Å². The van der Waals surface area contributed by atoms with Gasteiger partial charge in [-0.1, -0.05) is 56.3 Å². The van der Waals surface area contributed by atoms with Gasteiger partial charge in [0.25, 0.3) is 0 Å². The predicted octanol–water partition coefficient (Wildman–Crippen LogP) is 3.96. The molecule has 0 spiro atoms. The van der Waals surface area contributed by atoms with Crippen molar-refractivity contribution in [2.24, 2.45) is 0 Å². The highest BCUT2D eigenvalue weighted by atomic mass is 28.2. The van der Waals surface area contributed by atoms with E-state index in [1.165, 1.54) is 11.1 Å². The average molecular weight is 255 g/mol. The summed E-state index contributed by atoms with van der Waals surface area (Å²) in [4.78, 5) is 0. The second kappa shape index (κ2) is 8.53. The van der Waals surface area contributed by atoms with E-state index in [1.807, 2.05) is 30.3 Å². The van der Waals surface area contributed by atoms with E-state index >= 15 is 0 Å². The van der Waals surface area contributed by atoms with Crippen LogP contribution in [0.4, 0.5) is 0 Å². The molecule has 1 nitrogen and oxygen atoms in total. The number of hydrogen-bond acceptors (Lipinski definition) is 1. The van der Waals surface area contributed by atoms with E-state index < -0.39 is 0 Å². The first-order valence-corrected chi connectivity index (χ1v) is 6.68. The van der Waals surface area contributed by atoms with Crippen LogP contribution in [0, 0.1) is 0 Å². The third-order valence-corrected chi connectivity index (χ3v) is 2.98. The fourth-order valence-electron chi connectivity index (χ4n) is 1.74. The molecule has 0 atom stereocenters. The van der Waals surface area contributed by atoms with Crippen molar-refractivity contribution < 1.29 is 4.43 Å². The van der Waals surface area contributed by atoms with Crippen molar-refractivity contribution in [2.45, 2.75) is 26.7 Å². The molecular weight excluding hydrogens is 236 g/mol. The lowest BCUT2D eigenvalue weighted by Crippen LogP contribution is -1.88. The van der Waals surface area contributed by atoms with Gasteiger partial charge in [-0.3, -0.25) is 0 Å². The van der Waals surface area contributed by atoms with E-state index in [0.717, 1.165) is 18.6 Å². The Kier molecular flexibility index (Phi) is 6.88. The maximum atomic E-state index is 4.72. The molecule has 2 heteroatoms. The highest BCUT2D eigenvalue weighted by molar-refractivity contribution is 5.99. The monoisotopic (exact) mass is 255 g/mol. The van der Waals surface area contributed by atoms with Crippen LogP contribution in [0.25, 0.3) is 0 Å². The van der Waals surface area contributed by atoms with Gasteiger partial charge in [0, 0.05) is 0 Å². The SMILES string of the molecule is CCc1ccccc1CC.[Si]Oc1ccccc1. The van der Waals surface area contributed by atoms with E-state index in [0.29, 0.717) is 0 Å². The molecule has 93 valence electrons. The lowest BCUT2D eigenvalue weighted by molar-refractivity contribution is 0.616. The number of aryl methyl sites for hydroxylation is 2. The molecule has 3 radical (unpaired) electrons. The number of benzene rings is 2. The molecule has 0 saturated carbocycles. The van der Waals surface area contributed by atoms with E-state index in [9.17, 15) is 0 Å². The standard InChI is InChI=1S/C10H14.C6H5OSi/c1-3-9-7-5-6-8-10(9)4-2;8-7-6-4-2-1-3-5-6/h5-8H,3-4H2,1-2H3;1-5H. The van der Waals surface area contributed by atoms with E-state index in [-0.39, 0.29) is 0 Å². The lowest BCUT2D eigenvalue weighted by atomic mass is 10.0. The molecular formula is C16H19OSi. The van der Waals surface area contributed by atoms with Crippen molar-refractivity contribution in [3.05, 3.63) is 65.7 Å². The van der Waals surface area contributed by atoms with Gasteiger partial charge in [-0.15, -0.1) is 0 Å². The van der Waals surface area contributed by atoms with Crippen LogP contribution >= 0.6 is 0 Å². The summed E-state index contributed by atoms with van der Waals surface area (Å²) in [7, 11) is 2.90. The van der Waals surface area contributed by atoms with Crippen LogP contribution in [0.3, 0.4) is 0 Å². The molecule has 0 amide bonds. The van der Waals surface area contributed by atoms with Crippen LogP contribution in [0.2, 0.25) is 0 Å². The highest BCUT2D eigenvalue weighted by Gasteiger charge is 1.93. The third kappa shape index (κ3) is 4.76. The molecule has 2 aromatic carbocycles. The first kappa shape index (κ1) is 14.5. The number of rotatable bonds is 3. The fraction of sp³-hybridized carbons (Fsp3) is 0.250. The summed E-state index contributed by atoms with van der Waals surface area (Å²) in [6, 6.07) is 18.1. The molecule has 2 rings (SSSR count). The molecule has 0 unspecified atom stereocenters. The van der Waals surface area contributed by atoms with Crippen molar-refractivity contribution >= 4 is 10.5 Å². The molecule has 0 saturated heterocycles. The molecule has 0 aliphatic rings. The van der Waals surface area contributed by atoms with Gasteiger partial charge in [0.1, 0.15) is 5.75 Å². The van der Waals surface area contributed by atoms with Crippen LogP contribution in [0.15, 0.2) is 54.6 Å². The Morgan fingerprint density at radius 3 is 1.56 bits per heavy atom. The van der Waals surface area contributed by atoms with Crippen molar-refractivity contribution in [3.63, 3.8) is 0 Å². The number of para-hydroxylation sites is 1. The Bertz CT molecular complexity index is 417. The predicted molar refractivity (Wildman–Crippen MR) is 78.0 cm³/mol. The van der Waals surface area contributed by atoms with E-state index in [2.05, 4.69) is 48.6 Å². The van der Waals surface area contributed by atoms with Crippen molar-refractivity contribution in [2.75, 3.05) is 0 Å². The molecule has 0 aliphatic heterocycles. The van der Waals surface area contributed by atoms with Crippen LogP contribution in [0.5, 0.6) is 5.75 Å². The van der Waals surface area contributed by atoms with Crippen LogP contribution in [-0.2, 0) is 12.8 Å². The van der Waals surface area contributed by atoms with Gasteiger partial charge >= 0.3 is 10.5 Å². The minimum Gasteiger partial charge on any atom is -0.540 e. The molecule has 0 N–H and O–H groups in total. The van der Waals surface area contributed by atoms with Gasteiger partial charge in [0.15, 0.2) is 0 Å². The molecule has 0 fully saturated rings. The zero-order chi connectivity index (χ0) is 13.2. The summed E-state index contributed by atoms with van der Waals surface area (Å²) >= 11 is 0. The molecule has 2 aromatic rings. The summed E-state index contributed by atoms with van der Waals surface area (Å²) in [6.45, 7) is 4.41. The Morgan fingerprint density at radius 2 is 1.22 bits per heavy atom. The Labute approximate surface area is 113 Å². The first-order valence-electron chi connectivity index (χ1n) is 6.27. The van der Waals surface area contributed by atoms with Gasteiger partial charge in [0.05, 0.1) is 0 Å². The summed E-state index contributed by atoms with van der Waals surface area (Å²) in [5.41, 5.74) is 2.98. The van der Waals surface area contributed by atoms with Crippen LogP contribution in [0.1, 0.15) is 25.0 Å². The topological polar surface area (TPSA) is 9.23 Å². The molecule has 0 aliphatic carbocycles. The molecule has 0 heterocycles. The minimum absolute atomic E-state index is 0.823. The van der Waals surface area contributed by atoms with Crippen molar-refractivity contribution in [3.8, 4) is 5.75 Å². The largest absolute Gasteiger partial charge is 0.540 e. The van der Waals surface area contributed by atoms with Gasteiger partial charge in [-0.25, -0.2) is 0 Å². The number of hydrogen-bond donors (Lipinski definition) is 0. The van der Waals surface area contributed by atoms with Crippen molar-refractivity contribution in [1.29, 1.82) is 0 Å². The molecule has 0 bridgehead atoms. The van der Waals surface area contributed by atoms with Gasteiger partial charge in [-0.2, -0.15) is 0 Å². The third-order valence-electron chi connectivity index (χ3n) is 2.74. The minimum atomic E-state index is 0.823. The van der Waals surface area contributed by atoms with E-state index in [4.69, 9.17) is 4.43 Å². The quantitative estimate of drug-likeness (QED) is 0.754. The summed E-state index contributed by atoms with van der Waals surface area (Å²) in [5, 5.41) is 0. The summed E-state index contributed by atoms with van der Waals surface area (Å²) < 4.78 is 4.72. The van der Waals surface area contributed by atoms with Gasteiger partial charge < -0.3 is 4.43 Å². The second-order valence-electron chi connectivity index (χ2n) is 3.89. The van der Waals surface area contributed by atoms with Crippen molar-refractivity contribution in [1.82, 2.24) is 0 Å². The van der Waals surface area contributed by atoms with Crippen LogP contribution in [-0.4, -0.2) is 10.5 Å². The Hall–Kier alpha value is -1.54. The molecule has 18 heavy (non-hydrogen) atoms. The van der Waals surface area contributed by atoms with Gasteiger partial charge in [0.2, 0.25) is 0 Å². The zero-order valence-corrected chi connectivity index (χ0v) is 12.0. The first-order chi connectivity index (χ1) is 8.81. The fourth-order valence-corrected chi connectivity index (χ4v) is 1.87. The zero-order valence-electron chi connectivity index (χ0n) is 11.0. The summed E-state index contributed by atoms with van der Waals surface area (Å²) in [5.74, 6) is 0.823. The maximum absolute atomic E-state index is 4.72. The van der Waals surface area contributed by atoms with Crippen LogP contribution < -0.4 is 4.43 Å². The van der Waals surface area contributed by atoms with Gasteiger partial charge in [-0.05, 0) is 36.1 Å². The normalized spacial score (nSPS) is 9.28. The summed E-state index contributed by atoms with van der Waals surface area (Å²) in [6.07, 6.45) is 2.31. The Morgan fingerprint density at radius 1 is 0.778 bits per heavy atom. The molecule has 0 aromatic heterocycles. The average Bonchev–Trinajstić information content (AvgIpc) is 2.48.